The molecule has 1 heterocycles. The van der Waals surface area contributed by atoms with Gasteiger partial charge in [0, 0.05) is 11.5 Å². The molecule has 0 radical (unpaired) electrons. The van der Waals surface area contributed by atoms with E-state index < -0.39 is 0 Å². The van der Waals surface area contributed by atoms with E-state index in [0.717, 1.165) is 11.5 Å². The molecule has 0 unspecified atom stereocenters. The van der Waals surface area contributed by atoms with Crippen LogP contribution in [0, 0.1) is 0 Å². The maximum atomic E-state index is 5.46. The Morgan fingerprint density at radius 3 is 3.00 bits per heavy atom. The van der Waals surface area contributed by atoms with Gasteiger partial charge in [-0.15, -0.1) is 4.37 Å². The molecule has 0 aromatic carbocycles. The van der Waals surface area contributed by atoms with E-state index in [0.29, 0.717) is 17.1 Å². The number of hydrogen-bond donors (Lipinski definition) is 0. The average Bonchev–Trinajstić information content (AvgIpc) is 2.17. The Kier molecular flexibility index (Phi) is 2.24. The molecule has 0 aliphatic carbocycles. The number of hydrogen-bond acceptors (Lipinski definition) is 4. The van der Waals surface area contributed by atoms with Crippen LogP contribution in [0.3, 0.4) is 0 Å². The van der Waals surface area contributed by atoms with Crippen molar-refractivity contribution >= 4 is 23.1 Å². The first-order chi connectivity index (χ1) is 4.33. The maximum absolute atomic E-state index is 5.46. The van der Waals surface area contributed by atoms with Gasteiger partial charge in [-0.3, -0.25) is 0 Å². The number of ether oxygens (including phenoxy) is 1. The third-order valence-electron chi connectivity index (χ3n) is 0.656. The molecule has 50 valence electrons. The van der Waals surface area contributed by atoms with Crippen molar-refractivity contribution < 1.29 is 4.74 Å². The molecular weight excluding hydrogens is 160 g/mol. The summed E-state index contributed by atoms with van der Waals surface area (Å²) in [5.74, 6) is 0. The molecule has 0 spiro atoms. The molecule has 0 amide bonds. The van der Waals surface area contributed by atoms with Gasteiger partial charge in [0.2, 0.25) is 4.47 Å². The Hall–Kier alpha value is -0.350. The molecule has 0 fully saturated rings. The summed E-state index contributed by atoms with van der Waals surface area (Å²) in [6.07, 6.45) is 0. The Balaban J connectivity index is 2.61. The Morgan fingerprint density at radius 1 is 1.78 bits per heavy atom. The Morgan fingerprint density at radius 2 is 2.56 bits per heavy atom. The first-order valence-corrected chi connectivity index (χ1v) is 3.60. The van der Waals surface area contributed by atoms with Gasteiger partial charge < -0.3 is 4.74 Å². The fraction of sp³-hybridized carbons (Fsp3) is 0.500. The number of rotatable bonds is 2. The molecular formula is C4H5ClN2OS. The van der Waals surface area contributed by atoms with Gasteiger partial charge in [0.1, 0.15) is 0 Å². The van der Waals surface area contributed by atoms with Gasteiger partial charge in [-0.05, 0) is 18.5 Å². The number of halogens is 1. The van der Waals surface area contributed by atoms with Crippen LogP contribution >= 0.6 is 23.1 Å². The summed E-state index contributed by atoms with van der Waals surface area (Å²) < 4.78 is 9.13. The van der Waals surface area contributed by atoms with Gasteiger partial charge in [-0.1, -0.05) is 0 Å². The predicted molar refractivity (Wildman–Crippen MR) is 36.1 cm³/mol. The minimum Gasteiger partial charge on any atom is -0.463 e. The van der Waals surface area contributed by atoms with Gasteiger partial charge in [0.15, 0.2) is 0 Å². The van der Waals surface area contributed by atoms with Gasteiger partial charge in [0.25, 0.3) is 0 Å². The van der Waals surface area contributed by atoms with Crippen molar-refractivity contribution in [1.82, 2.24) is 9.36 Å². The van der Waals surface area contributed by atoms with E-state index in [4.69, 9.17) is 16.3 Å². The Labute approximate surface area is 61.8 Å². The lowest BCUT2D eigenvalue weighted by molar-refractivity contribution is 0.317. The van der Waals surface area contributed by atoms with E-state index in [1.54, 1.807) is 0 Å². The molecule has 9 heavy (non-hydrogen) atoms. The zero-order valence-electron chi connectivity index (χ0n) is 4.80. The highest BCUT2D eigenvalue weighted by atomic mass is 35.5. The van der Waals surface area contributed by atoms with Crippen molar-refractivity contribution in [2.45, 2.75) is 6.92 Å². The molecule has 1 aromatic heterocycles. The van der Waals surface area contributed by atoms with Crippen molar-refractivity contribution in [1.29, 1.82) is 0 Å². The van der Waals surface area contributed by atoms with E-state index in [9.17, 15) is 0 Å². The maximum Gasteiger partial charge on any atom is 0.329 e. The second-order valence-corrected chi connectivity index (χ2v) is 2.60. The minimum atomic E-state index is 0.368. The fourth-order valence-corrected chi connectivity index (χ4v) is 0.922. The van der Waals surface area contributed by atoms with Crippen molar-refractivity contribution in [2.75, 3.05) is 6.61 Å². The summed E-state index contributed by atoms with van der Waals surface area (Å²) in [4.78, 5) is 3.75. The van der Waals surface area contributed by atoms with Gasteiger partial charge in [0.05, 0.1) is 6.61 Å². The van der Waals surface area contributed by atoms with E-state index >= 15 is 0 Å². The zero-order chi connectivity index (χ0) is 6.69. The minimum absolute atomic E-state index is 0.368. The monoisotopic (exact) mass is 164 g/mol. The first-order valence-electron chi connectivity index (χ1n) is 2.45. The van der Waals surface area contributed by atoms with Crippen molar-refractivity contribution in [3.8, 4) is 6.01 Å². The zero-order valence-corrected chi connectivity index (χ0v) is 6.37. The second kappa shape index (κ2) is 2.98. The molecule has 0 aliphatic rings. The topological polar surface area (TPSA) is 35.0 Å². The second-order valence-electron chi connectivity index (χ2n) is 1.26. The van der Waals surface area contributed by atoms with Gasteiger partial charge in [-0.25, -0.2) is 0 Å². The van der Waals surface area contributed by atoms with Crippen LogP contribution < -0.4 is 4.74 Å². The Bertz CT molecular complexity index is 190. The summed E-state index contributed by atoms with van der Waals surface area (Å²) >= 11 is 6.58. The summed E-state index contributed by atoms with van der Waals surface area (Å²) in [5, 5.41) is 0. The van der Waals surface area contributed by atoms with Crippen LogP contribution in [0.15, 0.2) is 0 Å². The molecule has 0 aliphatic heterocycles. The van der Waals surface area contributed by atoms with Crippen LogP contribution in [-0.2, 0) is 0 Å². The lowest BCUT2D eigenvalue weighted by Crippen LogP contribution is -1.91. The summed E-state index contributed by atoms with van der Waals surface area (Å²) in [7, 11) is 0. The van der Waals surface area contributed by atoms with Crippen LogP contribution in [0.1, 0.15) is 6.92 Å². The first kappa shape index (κ1) is 6.77. The van der Waals surface area contributed by atoms with Crippen molar-refractivity contribution in [3.05, 3.63) is 4.47 Å². The number of nitrogens with zero attached hydrogens (tertiary/aromatic N) is 2. The van der Waals surface area contributed by atoms with E-state index in [1.165, 1.54) is 0 Å². The largest absolute Gasteiger partial charge is 0.463 e. The molecule has 0 saturated heterocycles. The SMILES string of the molecule is CCOc1nsc(Cl)n1. The van der Waals surface area contributed by atoms with Gasteiger partial charge in [-0.2, -0.15) is 4.98 Å². The van der Waals surface area contributed by atoms with Crippen molar-refractivity contribution in [2.24, 2.45) is 0 Å². The van der Waals surface area contributed by atoms with E-state index in [-0.39, 0.29) is 0 Å². The average molecular weight is 165 g/mol. The van der Waals surface area contributed by atoms with Crippen LogP contribution in [0.2, 0.25) is 4.47 Å². The van der Waals surface area contributed by atoms with Crippen LogP contribution in [0.5, 0.6) is 6.01 Å². The third-order valence-corrected chi connectivity index (χ3v) is 1.44. The molecule has 5 heteroatoms. The van der Waals surface area contributed by atoms with E-state index in [2.05, 4.69) is 9.36 Å². The number of aromatic nitrogens is 2. The molecule has 0 atom stereocenters. The standard InChI is InChI=1S/C4H5ClN2OS/c1-2-8-4-6-3(5)9-7-4/h2H2,1H3. The quantitative estimate of drug-likeness (QED) is 0.666. The van der Waals surface area contributed by atoms with Gasteiger partial charge >= 0.3 is 6.01 Å². The smallest absolute Gasteiger partial charge is 0.329 e. The highest BCUT2D eigenvalue weighted by Crippen LogP contribution is 2.14. The molecule has 3 nitrogen and oxygen atoms in total. The lowest BCUT2D eigenvalue weighted by atomic mass is 10.9. The van der Waals surface area contributed by atoms with E-state index in [1.807, 2.05) is 6.92 Å². The summed E-state index contributed by atoms with van der Waals surface area (Å²) in [5.41, 5.74) is 0. The van der Waals surface area contributed by atoms with Crippen LogP contribution in [0.4, 0.5) is 0 Å². The normalized spacial score (nSPS) is 9.56. The van der Waals surface area contributed by atoms with Crippen LogP contribution in [-0.4, -0.2) is 16.0 Å². The van der Waals surface area contributed by atoms with Crippen molar-refractivity contribution in [3.63, 3.8) is 0 Å². The summed E-state index contributed by atoms with van der Waals surface area (Å²) in [6.45, 7) is 2.45. The highest BCUT2D eigenvalue weighted by Gasteiger charge is 1.98. The molecule has 1 rings (SSSR count). The lowest BCUT2D eigenvalue weighted by Gasteiger charge is -1.90. The predicted octanol–water partition coefficient (Wildman–Crippen LogP) is 1.59. The molecule has 0 saturated carbocycles. The molecule has 0 N–H and O–H groups in total. The molecule has 1 aromatic rings. The third kappa shape index (κ3) is 1.80. The summed E-state index contributed by atoms with van der Waals surface area (Å²) in [6, 6.07) is 0.368. The fourth-order valence-electron chi connectivity index (χ4n) is 0.380. The highest BCUT2D eigenvalue weighted by molar-refractivity contribution is 7.10. The molecule has 0 bridgehead atoms. The van der Waals surface area contributed by atoms with Crippen LogP contribution in [0.25, 0.3) is 0 Å².